The van der Waals surface area contributed by atoms with E-state index in [1.165, 1.54) is 48.5 Å². The van der Waals surface area contributed by atoms with Gasteiger partial charge >= 0.3 is 5.91 Å². The topological polar surface area (TPSA) is 90.7 Å². The standard InChI is InChI=1S/C24H14F2N2O4S/c25-14-6-4-12(5-7-14)21(30)19-20(13-2-1-3-16(29)10-13)28(23(32)22(19)31)24-27-17-9-8-15(26)11-18(17)33-24/h1-11,20,29-30H. The number of ketones is 1. The number of aliphatic hydroxyl groups is 1. The second kappa shape index (κ2) is 7.79. The third-order valence-electron chi connectivity index (χ3n) is 5.29. The predicted molar refractivity (Wildman–Crippen MR) is 119 cm³/mol. The fourth-order valence-corrected chi connectivity index (χ4v) is 4.81. The lowest BCUT2D eigenvalue weighted by Crippen LogP contribution is -2.29. The Hall–Kier alpha value is -4.11. The van der Waals surface area contributed by atoms with Crippen molar-refractivity contribution in [3.8, 4) is 5.75 Å². The molecule has 1 aromatic heterocycles. The molecule has 1 aliphatic heterocycles. The van der Waals surface area contributed by atoms with Crippen molar-refractivity contribution in [2.24, 2.45) is 0 Å². The molecule has 2 heterocycles. The SMILES string of the molecule is O=C1C(=O)N(c2nc3ccc(F)cc3s2)C(c2cccc(O)c2)C1=C(O)c1ccc(F)cc1. The van der Waals surface area contributed by atoms with Crippen molar-refractivity contribution >= 4 is 44.1 Å². The van der Waals surface area contributed by atoms with Crippen molar-refractivity contribution in [2.75, 3.05) is 4.90 Å². The summed E-state index contributed by atoms with van der Waals surface area (Å²) >= 11 is 1.01. The number of aromatic nitrogens is 1. The molecule has 1 unspecified atom stereocenters. The van der Waals surface area contributed by atoms with Crippen LogP contribution in [0.5, 0.6) is 5.75 Å². The van der Waals surface area contributed by atoms with Crippen molar-refractivity contribution in [3.63, 3.8) is 0 Å². The zero-order chi connectivity index (χ0) is 23.3. The lowest BCUT2D eigenvalue weighted by molar-refractivity contribution is -0.132. The van der Waals surface area contributed by atoms with Gasteiger partial charge in [-0.2, -0.15) is 0 Å². The van der Waals surface area contributed by atoms with E-state index in [4.69, 9.17) is 0 Å². The van der Waals surface area contributed by atoms with Crippen molar-refractivity contribution in [3.05, 3.63) is 95.1 Å². The van der Waals surface area contributed by atoms with Gasteiger partial charge in [-0.15, -0.1) is 0 Å². The van der Waals surface area contributed by atoms with Crippen LogP contribution in [0, 0.1) is 11.6 Å². The van der Waals surface area contributed by atoms with E-state index in [1.807, 2.05) is 0 Å². The maximum absolute atomic E-state index is 13.7. The van der Waals surface area contributed by atoms with Gasteiger partial charge in [-0.1, -0.05) is 23.5 Å². The number of carbonyl (C=O) groups excluding carboxylic acids is 2. The third kappa shape index (κ3) is 3.52. The van der Waals surface area contributed by atoms with E-state index in [-0.39, 0.29) is 22.0 Å². The first-order valence-electron chi connectivity index (χ1n) is 9.75. The van der Waals surface area contributed by atoms with Crippen LogP contribution in [0.3, 0.4) is 0 Å². The summed E-state index contributed by atoms with van der Waals surface area (Å²) in [4.78, 5) is 31.7. The Morgan fingerprint density at radius 3 is 2.42 bits per heavy atom. The number of fused-ring (bicyclic) bond motifs is 1. The lowest BCUT2D eigenvalue weighted by atomic mass is 9.95. The summed E-state index contributed by atoms with van der Waals surface area (Å²) in [5, 5.41) is 21.1. The van der Waals surface area contributed by atoms with Crippen LogP contribution >= 0.6 is 11.3 Å². The van der Waals surface area contributed by atoms with E-state index in [2.05, 4.69) is 4.98 Å². The van der Waals surface area contributed by atoms with E-state index >= 15 is 0 Å². The Labute approximate surface area is 189 Å². The average molecular weight is 464 g/mol. The minimum atomic E-state index is -1.12. The summed E-state index contributed by atoms with van der Waals surface area (Å²) in [5.41, 5.74) is 0.698. The van der Waals surface area contributed by atoms with Gasteiger partial charge < -0.3 is 10.2 Å². The highest BCUT2D eigenvalue weighted by atomic mass is 32.1. The zero-order valence-corrected chi connectivity index (χ0v) is 17.5. The van der Waals surface area contributed by atoms with E-state index < -0.39 is 35.1 Å². The largest absolute Gasteiger partial charge is 0.508 e. The van der Waals surface area contributed by atoms with Crippen molar-refractivity contribution in [1.29, 1.82) is 0 Å². The zero-order valence-electron chi connectivity index (χ0n) is 16.7. The second-order valence-electron chi connectivity index (χ2n) is 7.38. The Bertz CT molecular complexity index is 1460. The molecule has 1 atom stereocenters. The maximum atomic E-state index is 13.7. The Kier molecular flexibility index (Phi) is 4.90. The monoisotopic (exact) mass is 464 g/mol. The molecular formula is C24H14F2N2O4S. The molecule has 1 fully saturated rings. The van der Waals surface area contributed by atoms with Crippen LogP contribution in [0.15, 0.2) is 72.3 Å². The molecule has 3 aromatic carbocycles. The van der Waals surface area contributed by atoms with Gasteiger partial charge in [0.2, 0.25) is 0 Å². The molecule has 1 amide bonds. The van der Waals surface area contributed by atoms with E-state index in [0.717, 1.165) is 28.4 Å². The normalized spacial score (nSPS) is 17.8. The number of thiazole rings is 1. The summed E-state index contributed by atoms with van der Waals surface area (Å²) in [6, 6.07) is 13.6. The van der Waals surface area contributed by atoms with E-state index in [0.29, 0.717) is 15.8 Å². The molecular weight excluding hydrogens is 450 g/mol. The highest BCUT2D eigenvalue weighted by Crippen LogP contribution is 2.44. The van der Waals surface area contributed by atoms with Crippen LogP contribution < -0.4 is 4.90 Å². The molecule has 1 aliphatic rings. The molecule has 2 N–H and O–H groups in total. The van der Waals surface area contributed by atoms with Crippen LogP contribution in [-0.4, -0.2) is 26.9 Å². The molecule has 164 valence electrons. The highest BCUT2D eigenvalue weighted by Gasteiger charge is 2.48. The van der Waals surface area contributed by atoms with Crippen LogP contribution in [0.25, 0.3) is 16.0 Å². The molecule has 4 aromatic rings. The molecule has 33 heavy (non-hydrogen) atoms. The average Bonchev–Trinajstić information content (AvgIpc) is 3.32. The number of Topliss-reactive ketones (excluding diaryl/α,β-unsaturated/α-hetero) is 1. The molecule has 0 bridgehead atoms. The third-order valence-corrected chi connectivity index (χ3v) is 6.31. The second-order valence-corrected chi connectivity index (χ2v) is 8.39. The maximum Gasteiger partial charge on any atom is 0.301 e. The summed E-state index contributed by atoms with van der Waals surface area (Å²) in [6.07, 6.45) is 0. The minimum Gasteiger partial charge on any atom is -0.508 e. The predicted octanol–water partition coefficient (Wildman–Crippen LogP) is 4.91. The van der Waals surface area contributed by atoms with Gasteiger partial charge in [0.15, 0.2) is 5.13 Å². The van der Waals surface area contributed by atoms with E-state index in [9.17, 15) is 28.6 Å². The molecule has 0 aliphatic carbocycles. The number of rotatable bonds is 3. The number of aromatic hydroxyl groups is 1. The fraction of sp³-hybridized carbons (Fsp3) is 0.0417. The first-order valence-corrected chi connectivity index (χ1v) is 10.6. The number of phenols is 1. The molecule has 6 nitrogen and oxygen atoms in total. The number of carbonyl (C=O) groups is 2. The van der Waals surface area contributed by atoms with Gasteiger partial charge in [0.1, 0.15) is 23.1 Å². The Morgan fingerprint density at radius 2 is 1.70 bits per heavy atom. The number of nitrogens with zero attached hydrogens (tertiary/aromatic N) is 2. The molecule has 5 rings (SSSR count). The Morgan fingerprint density at radius 1 is 0.970 bits per heavy atom. The number of amides is 1. The minimum absolute atomic E-state index is 0.105. The van der Waals surface area contributed by atoms with Gasteiger partial charge in [0.05, 0.1) is 21.8 Å². The van der Waals surface area contributed by atoms with Crippen molar-refractivity contribution in [2.45, 2.75) is 6.04 Å². The molecule has 9 heteroatoms. The van der Waals surface area contributed by atoms with Crippen LogP contribution in [0.1, 0.15) is 17.2 Å². The first kappa shape index (κ1) is 20.8. The fourth-order valence-electron chi connectivity index (χ4n) is 3.79. The first-order chi connectivity index (χ1) is 15.8. The van der Waals surface area contributed by atoms with Gasteiger partial charge in [-0.25, -0.2) is 13.8 Å². The van der Waals surface area contributed by atoms with Gasteiger partial charge in [0.25, 0.3) is 5.78 Å². The number of benzene rings is 3. The van der Waals surface area contributed by atoms with Gasteiger partial charge in [-0.3, -0.25) is 14.5 Å². The van der Waals surface area contributed by atoms with Crippen LogP contribution in [0.2, 0.25) is 0 Å². The molecule has 0 radical (unpaired) electrons. The molecule has 0 spiro atoms. The lowest BCUT2D eigenvalue weighted by Gasteiger charge is -2.23. The Balaban J connectivity index is 1.74. The van der Waals surface area contributed by atoms with Gasteiger partial charge in [0, 0.05) is 5.56 Å². The highest BCUT2D eigenvalue weighted by molar-refractivity contribution is 7.22. The number of halogens is 2. The number of aliphatic hydroxyl groups excluding tert-OH is 1. The summed E-state index contributed by atoms with van der Waals surface area (Å²) in [5.74, 6) is -3.50. The van der Waals surface area contributed by atoms with Crippen molar-refractivity contribution < 1.29 is 28.6 Å². The van der Waals surface area contributed by atoms with Crippen molar-refractivity contribution in [1.82, 2.24) is 4.98 Å². The van der Waals surface area contributed by atoms with Gasteiger partial charge in [-0.05, 0) is 60.2 Å². The number of phenolic OH excluding ortho intramolecular Hbond substituents is 1. The molecule has 0 saturated carbocycles. The number of hydrogen-bond acceptors (Lipinski definition) is 6. The molecule has 1 saturated heterocycles. The number of anilines is 1. The van der Waals surface area contributed by atoms with Crippen LogP contribution in [-0.2, 0) is 9.59 Å². The summed E-state index contributed by atoms with van der Waals surface area (Å²) < 4.78 is 27.5. The number of hydrogen-bond donors (Lipinski definition) is 2. The summed E-state index contributed by atoms with van der Waals surface area (Å²) in [7, 11) is 0. The van der Waals surface area contributed by atoms with Crippen LogP contribution in [0.4, 0.5) is 13.9 Å². The summed E-state index contributed by atoms with van der Waals surface area (Å²) in [6.45, 7) is 0. The van der Waals surface area contributed by atoms with E-state index in [1.54, 1.807) is 6.07 Å². The smallest absolute Gasteiger partial charge is 0.301 e. The quantitative estimate of drug-likeness (QED) is 0.256.